The molecule has 3 amide bonds. The first-order valence-electron chi connectivity index (χ1n) is 10.7. The van der Waals surface area contributed by atoms with Gasteiger partial charge in [0.2, 0.25) is 15.9 Å². The number of carbonyl (C=O) groups is 2. The summed E-state index contributed by atoms with van der Waals surface area (Å²) in [5.74, 6) is -0.223. The molecule has 8 nitrogen and oxygen atoms in total. The highest BCUT2D eigenvalue weighted by Gasteiger charge is 2.30. The number of ether oxygens (including phenoxy) is 1. The summed E-state index contributed by atoms with van der Waals surface area (Å²) in [5.41, 5.74) is 0.632. The third-order valence-corrected chi connectivity index (χ3v) is 7.16. The number of carbonyl (C=O) groups excluding carboxylic acids is 2. The molecule has 2 aliphatic rings. The van der Waals surface area contributed by atoms with Crippen LogP contribution in [0.3, 0.4) is 0 Å². The maximum Gasteiger partial charge on any atom is 0.324 e. The lowest BCUT2D eigenvalue weighted by molar-refractivity contribution is -0.118. The minimum atomic E-state index is -3.53. The Morgan fingerprint density at radius 2 is 1.97 bits per heavy atom. The van der Waals surface area contributed by atoms with Crippen LogP contribution in [-0.4, -0.2) is 50.2 Å². The fraction of sp³-hybridized carbons (Fsp3) is 0.619. The SMILES string of the molecule is CC(NS(=O)(=O)CCCCCN1CC(=O)NC1=O)c1ccc(F)c(OC(C)C2CC2)c1. The molecule has 0 spiro atoms. The molecule has 2 N–H and O–H groups in total. The smallest absolute Gasteiger partial charge is 0.324 e. The average Bonchev–Trinajstić information content (AvgIpc) is 3.48. The molecule has 2 atom stereocenters. The van der Waals surface area contributed by atoms with Crippen molar-refractivity contribution >= 4 is 22.0 Å². The molecule has 0 radical (unpaired) electrons. The summed E-state index contributed by atoms with van der Waals surface area (Å²) in [6, 6.07) is 3.49. The van der Waals surface area contributed by atoms with Crippen molar-refractivity contribution in [1.29, 1.82) is 0 Å². The van der Waals surface area contributed by atoms with Crippen molar-refractivity contribution in [3.63, 3.8) is 0 Å². The lowest BCUT2D eigenvalue weighted by Gasteiger charge is -2.18. The minimum Gasteiger partial charge on any atom is -0.487 e. The Morgan fingerprint density at radius 3 is 2.61 bits per heavy atom. The van der Waals surface area contributed by atoms with Gasteiger partial charge in [0.1, 0.15) is 6.54 Å². The summed E-state index contributed by atoms with van der Waals surface area (Å²) >= 11 is 0. The highest BCUT2D eigenvalue weighted by molar-refractivity contribution is 7.89. The number of halogens is 1. The molecule has 1 aromatic carbocycles. The van der Waals surface area contributed by atoms with Crippen LogP contribution in [0.25, 0.3) is 0 Å². The first-order valence-corrected chi connectivity index (χ1v) is 12.3. The van der Waals surface area contributed by atoms with Crippen molar-refractivity contribution in [1.82, 2.24) is 14.9 Å². The summed E-state index contributed by atoms with van der Waals surface area (Å²) in [6.07, 6.45) is 3.76. The molecular formula is C21H30FN3O5S. The van der Waals surface area contributed by atoms with Gasteiger partial charge < -0.3 is 9.64 Å². The highest BCUT2D eigenvalue weighted by Crippen LogP contribution is 2.35. The van der Waals surface area contributed by atoms with E-state index in [2.05, 4.69) is 10.0 Å². The molecule has 1 aliphatic carbocycles. The number of sulfonamides is 1. The second kappa shape index (κ2) is 9.95. The lowest BCUT2D eigenvalue weighted by atomic mass is 10.1. The molecule has 1 saturated heterocycles. The third kappa shape index (κ3) is 6.90. The number of imide groups is 1. The average molecular weight is 456 g/mol. The topological polar surface area (TPSA) is 105 Å². The monoisotopic (exact) mass is 455 g/mol. The Hall–Kier alpha value is -2.20. The van der Waals surface area contributed by atoms with Gasteiger partial charge in [0.05, 0.1) is 11.9 Å². The van der Waals surface area contributed by atoms with Crippen molar-refractivity contribution < 1.29 is 27.1 Å². The van der Waals surface area contributed by atoms with E-state index in [1.165, 1.54) is 11.0 Å². The summed E-state index contributed by atoms with van der Waals surface area (Å²) in [6.45, 7) is 4.10. The van der Waals surface area contributed by atoms with E-state index in [0.29, 0.717) is 37.3 Å². The molecule has 1 saturated carbocycles. The number of unbranched alkanes of at least 4 members (excludes halogenated alkanes) is 2. The van der Waals surface area contributed by atoms with E-state index in [-0.39, 0.29) is 30.1 Å². The summed E-state index contributed by atoms with van der Waals surface area (Å²) in [7, 11) is -3.53. The summed E-state index contributed by atoms with van der Waals surface area (Å²) in [5, 5.41) is 2.21. The predicted molar refractivity (Wildman–Crippen MR) is 114 cm³/mol. The zero-order valence-corrected chi connectivity index (χ0v) is 18.7. The van der Waals surface area contributed by atoms with E-state index >= 15 is 0 Å². The van der Waals surface area contributed by atoms with E-state index in [1.54, 1.807) is 19.1 Å². The van der Waals surface area contributed by atoms with E-state index in [4.69, 9.17) is 4.74 Å². The van der Waals surface area contributed by atoms with Crippen LogP contribution in [0.5, 0.6) is 5.75 Å². The molecule has 172 valence electrons. The molecule has 31 heavy (non-hydrogen) atoms. The second-order valence-corrected chi connectivity index (χ2v) is 10.2. The van der Waals surface area contributed by atoms with Gasteiger partial charge in [0, 0.05) is 12.6 Å². The summed E-state index contributed by atoms with van der Waals surface area (Å²) < 4.78 is 47.3. The van der Waals surface area contributed by atoms with Crippen molar-refractivity contribution in [2.45, 2.75) is 58.1 Å². The fourth-order valence-corrected chi connectivity index (χ4v) is 4.95. The first-order chi connectivity index (χ1) is 14.6. The number of hydrogen-bond donors (Lipinski definition) is 2. The molecule has 1 aliphatic heterocycles. The maximum atomic E-state index is 14.1. The van der Waals surface area contributed by atoms with Crippen molar-refractivity contribution in [2.75, 3.05) is 18.8 Å². The van der Waals surface area contributed by atoms with Crippen LogP contribution >= 0.6 is 0 Å². The Labute approximate surface area is 182 Å². The second-order valence-electron chi connectivity index (χ2n) is 8.34. The van der Waals surface area contributed by atoms with E-state index in [9.17, 15) is 22.4 Å². The Balaban J connectivity index is 1.44. The first kappa shape index (κ1) is 23.5. The van der Waals surface area contributed by atoms with Crippen LogP contribution in [0.1, 0.15) is 57.6 Å². The number of hydrogen-bond acceptors (Lipinski definition) is 5. The van der Waals surface area contributed by atoms with Gasteiger partial charge in [-0.3, -0.25) is 10.1 Å². The molecule has 2 unspecified atom stereocenters. The number of amides is 3. The number of benzene rings is 1. The molecule has 0 bridgehead atoms. The number of rotatable bonds is 12. The van der Waals surface area contributed by atoms with Gasteiger partial charge in [-0.05, 0) is 63.1 Å². The molecule has 1 aromatic rings. The van der Waals surface area contributed by atoms with Crippen molar-refractivity contribution in [3.8, 4) is 5.75 Å². The van der Waals surface area contributed by atoms with Gasteiger partial charge in [-0.25, -0.2) is 22.3 Å². The molecular weight excluding hydrogens is 425 g/mol. The number of urea groups is 1. The maximum absolute atomic E-state index is 14.1. The standard InChI is InChI=1S/C21H30FN3O5S/c1-14(17-8-9-18(22)19(12-17)30-15(2)16-6-7-16)24-31(28,29)11-5-3-4-10-25-13-20(26)23-21(25)27/h8-9,12,14-16,24H,3-7,10-11,13H2,1-2H3,(H,23,26,27). The van der Waals surface area contributed by atoms with Gasteiger partial charge in [0.15, 0.2) is 11.6 Å². The van der Waals surface area contributed by atoms with Crippen molar-refractivity contribution in [3.05, 3.63) is 29.6 Å². The third-order valence-electron chi connectivity index (χ3n) is 5.62. The Bertz CT molecular complexity index is 920. The van der Waals surface area contributed by atoms with Gasteiger partial charge in [-0.2, -0.15) is 0 Å². The van der Waals surface area contributed by atoms with Gasteiger partial charge in [0.25, 0.3) is 0 Å². The molecule has 2 fully saturated rings. The Kier molecular flexibility index (Phi) is 7.53. The lowest BCUT2D eigenvalue weighted by Crippen LogP contribution is -2.30. The van der Waals surface area contributed by atoms with E-state index in [0.717, 1.165) is 12.8 Å². The molecule has 0 aromatic heterocycles. The van der Waals surface area contributed by atoms with Crippen LogP contribution < -0.4 is 14.8 Å². The number of nitrogens with zero attached hydrogens (tertiary/aromatic N) is 1. The largest absolute Gasteiger partial charge is 0.487 e. The van der Waals surface area contributed by atoms with Crippen LogP contribution in [0.4, 0.5) is 9.18 Å². The van der Waals surface area contributed by atoms with Gasteiger partial charge in [-0.1, -0.05) is 12.5 Å². The summed E-state index contributed by atoms with van der Waals surface area (Å²) in [4.78, 5) is 24.0. The molecule has 3 rings (SSSR count). The van der Waals surface area contributed by atoms with Crippen LogP contribution in [0.15, 0.2) is 18.2 Å². The number of nitrogens with one attached hydrogen (secondary N) is 2. The molecule has 10 heteroatoms. The zero-order valence-electron chi connectivity index (χ0n) is 17.9. The molecule has 1 heterocycles. The fourth-order valence-electron chi connectivity index (χ4n) is 3.57. The normalized spacial score (nSPS) is 18.7. The highest BCUT2D eigenvalue weighted by atomic mass is 32.2. The van der Waals surface area contributed by atoms with Gasteiger partial charge in [-0.15, -0.1) is 0 Å². The predicted octanol–water partition coefficient (Wildman–Crippen LogP) is 2.71. The van der Waals surface area contributed by atoms with Crippen LogP contribution in [-0.2, 0) is 14.8 Å². The van der Waals surface area contributed by atoms with Crippen molar-refractivity contribution in [2.24, 2.45) is 5.92 Å². The minimum absolute atomic E-state index is 0.0499. The quantitative estimate of drug-likeness (QED) is 0.372. The van der Waals surface area contributed by atoms with Gasteiger partial charge >= 0.3 is 6.03 Å². The van der Waals surface area contributed by atoms with Crippen LogP contribution in [0.2, 0.25) is 0 Å². The van der Waals surface area contributed by atoms with E-state index < -0.39 is 27.9 Å². The zero-order chi connectivity index (χ0) is 22.6. The van der Waals surface area contributed by atoms with Crippen LogP contribution in [0, 0.1) is 11.7 Å². The Morgan fingerprint density at radius 1 is 1.23 bits per heavy atom. The van der Waals surface area contributed by atoms with E-state index in [1.807, 2.05) is 6.92 Å².